The SMILES string of the molecule is CCOc1nnn(CC)n1. The molecule has 0 atom stereocenters. The van der Waals surface area contributed by atoms with Gasteiger partial charge in [-0.3, -0.25) is 0 Å². The first-order valence-corrected chi connectivity index (χ1v) is 3.27. The summed E-state index contributed by atoms with van der Waals surface area (Å²) >= 11 is 0. The van der Waals surface area contributed by atoms with Crippen LogP contribution in [-0.4, -0.2) is 26.8 Å². The van der Waals surface area contributed by atoms with E-state index >= 15 is 0 Å². The zero-order valence-corrected chi connectivity index (χ0v) is 6.11. The third-order valence-electron chi connectivity index (χ3n) is 0.991. The first-order chi connectivity index (χ1) is 4.86. The summed E-state index contributed by atoms with van der Waals surface area (Å²) in [6.45, 7) is 5.12. The Hall–Kier alpha value is -1.13. The lowest BCUT2D eigenvalue weighted by atomic mass is 10.8. The van der Waals surface area contributed by atoms with E-state index in [1.54, 1.807) is 0 Å². The third kappa shape index (κ3) is 1.43. The van der Waals surface area contributed by atoms with E-state index in [0.717, 1.165) is 6.54 Å². The summed E-state index contributed by atoms with van der Waals surface area (Å²) in [4.78, 5) is 1.48. The van der Waals surface area contributed by atoms with Crippen LogP contribution >= 0.6 is 0 Å². The van der Waals surface area contributed by atoms with Gasteiger partial charge in [0.05, 0.1) is 13.2 Å². The summed E-state index contributed by atoms with van der Waals surface area (Å²) in [6, 6.07) is 0.351. The molecule has 5 heteroatoms. The van der Waals surface area contributed by atoms with Crippen molar-refractivity contribution in [1.29, 1.82) is 0 Å². The lowest BCUT2D eigenvalue weighted by molar-refractivity contribution is 0.310. The Labute approximate surface area is 59.0 Å². The maximum Gasteiger partial charge on any atom is 0.356 e. The minimum absolute atomic E-state index is 0.351. The second-order valence-electron chi connectivity index (χ2n) is 1.69. The van der Waals surface area contributed by atoms with Gasteiger partial charge >= 0.3 is 6.01 Å². The maximum absolute atomic E-state index is 4.98. The molecular weight excluding hydrogens is 132 g/mol. The van der Waals surface area contributed by atoms with Crippen LogP contribution in [0.4, 0.5) is 0 Å². The quantitative estimate of drug-likeness (QED) is 0.600. The topological polar surface area (TPSA) is 52.8 Å². The molecule has 0 saturated heterocycles. The highest BCUT2D eigenvalue weighted by molar-refractivity contribution is 4.81. The smallest absolute Gasteiger partial charge is 0.356 e. The third-order valence-corrected chi connectivity index (χ3v) is 0.991. The van der Waals surface area contributed by atoms with E-state index in [4.69, 9.17) is 4.74 Å². The number of nitrogens with zero attached hydrogens (tertiary/aromatic N) is 4. The van der Waals surface area contributed by atoms with Crippen LogP contribution in [-0.2, 0) is 6.54 Å². The molecule has 0 bridgehead atoms. The van der Waals surface area contributed by atoms with Crippen molar-refractivity contribution < 1.29 is 4.74 Å². The Bertz CT molecular complexity index is 197. The summed E-state index contributed by atoms with van der Waals surface area (Å²) in [6.07, 6.45) is 0. The Morgan fingerprint density at radius 2 is 2.30 bits per heavy atom. The normalized spacial score (nSPS) is 9.80. The van der Waals surface area contributed by atoms with E-state index < -0.39 is 0 Å². The van der Waals surface area contributed by atoms with Crippen molar-refractivity contribution in [1.82, 2.24) is 20.2 Å². The number of tetrazole rings is 1. The second kappa shape index (κ2) is 3.14. The molecule has 10 heavy (non-hydrogen) atoms. The number of hydrogen-bond donors (Lipinski definition) is 0. The molecule has 0 aliphatic carbocycles. The van der Waals surface area contributed by atoms with Crippen LogP contribution in [0, 0.1) is 0 Å². The molecule has 0 fully saturated rings. The first-order valence-electron chi connectivity index (χ1n) is 3.27. The molecule has 0 saturated carbocycles. The van der Waals surface area contributed by atoms with Crippen molar-refractivity contribution in [3.8, 4) is 6.01 Å². The summed E-state index contributed by atoms with van der Waals surface area (Å²) in [5, 5.41) is 11.2. The van der Waals surface area contributed by atoms with Gasteiger partial charge in [-0.15, -0.1) is 0 Å². The predicted molar refractivity (Wildman–Crippen MR) is 34.7 cm³/mol. The highest BCUT2D eigenvalue weighted by Crippen LogP contribution is 1.95. The molecule has 56 valence electrons. The van der Waals surface area contributed by atoms with E-state index in [-0.39, 0.29) is 0 Å². The van der Waals surface area contributed by atoms with Gasteiger partial charge in [0, 0.05) is 0 Å². The van der Waals surface area contributed by atoms with Gasteiger partial charge in [-0.05, 0) is 19.1 Å². The summed E-state index contributed by atoms with van der Waals surface area (Å²) in [5.74, 6) is 0. The Morgan fingerprint density at radius 3 is 2.80 bits per heavy atom. The molecule has 0 N–H and O–H groups in total. The molecule has 0 spiro atoms. The highest BCUT2D eigenvalue weighted by Gasteiger charge is 1.98. The first kappa shape index (κ1) is 6.98. The van der Waals surface area contributed by atoms with Crippen molar-refractivity contribution in [2.24, 2.45) is 0 Å². The predicted octanol–water partition coefficient (Wildman–Crippen LogP) is 0.0917. The van der Waals surface area contributed by atoms with Crippen molar-refractivity contribution >= 4 is 0 Å². The second-order valence-corrected chi connectivity index (χ2v) is 1.69. The van der Waals surface area contributed by atoms with Crippen molar-refractivity contribution in [2.75, 3.05) is 6.61 Å². The average molecular weight is 142 g/mol. The lowest BCUT2D eigenvalue weighted by Crippen LogP contribution is -1.99. The number of rotatable bonds is 3. The molecule has 0 aromatic carbocycles. The fraction of sp³-hybridized carbons (Fsp3) is 0.800. The number of ether oxygens (including phenoxy) is 1. The molecule has 1 heterocycles. The van der Waals surface area contributed by atoms with E-state index in [9.17, 15) is 0 Å². The average Bonchev–Trinajstić information content (AvgIpc) is 2.37. The van der Waals surface area contributed by atoms with Crippen LogP contribution in [0.3, 0.4) is 0 Å². The molecule has 0 unspecified atom stereocenters. The largest absolute Gasteiger partial charge is 0.462 e. The fourth-order valence-corrected chi connectivity index (χ4v) is 0.549. The zero-order chi connectivity index (χ0) is 7.40. The standard InChI is InChI=1S/C5H10N4O/c1-3-9-7-5(6-8-9)10-4-2/h3-4H2,1-2H3. The number of hydrogen-bond acceptors (Lipinski definition) is 4. The van der Waals surface area contributed by atoms with Crippen LogP contribution in [0.5, 0.6) is 6.01 Å². The zero-order valence-electron chi connectivity index (χ0n) is 6.11. The van der Waals surface area contributed by atoms with Gasteiger partial charge in [0.2, 0.25) is 0 Å². The van der Waals surface area contributed by atoms with Crippen LogP contribution in [0.2, 0.25) is 0 Å². The number of aryl methyl sites for hydroxylation is 1. The highest BCUT2D eigenvalue weighted by atomic mass is 16.5. The van der Waals surface area contributed by atoms with Gasteiger partial charge in [-0.2, -0.15) is 4.80 Å². The monoisotopic (exact) mass is 142 g/mol. The Kier molecular flexibility index (Phi) is 2.20. The minimum Gasteiger partial charge on any atom is -0.462 e. The van der Waals surface area contributed by atoms with E-state index in [1.165, 1.54) is 4.80 Å². The molecule has 0 aliphatic heterocycles. The van der Waals surface area contributed by atoms with Crippen LogP contribution in [0.15, 0.2) is 0 Å². The van der Waals surface area contributed by atoms with Crippen LogP contribution in [0.1, 0.15) is 13.8 Å². The van der Waals surface area contributed by atoms with E-state index in [1.807, 2.05) is 13.8 Å². The van der Waals surface area contributed by atoms with Crippen molar-refractivity contribution in [3.63, 3.8) is 0 Å². The summed E-state index contributed by atoms with van der Waals surface area (Å²) in [7, 11) is 0. The van der Waals surface area contributed by atoms with Gasteiger partial charge < -0.3 is 4.74 Å². The molecular formula is C5H10N4O. The molecule has 1 aromatic rings. The van der Waals surface area contributed by atoms with Crippen molar-refractivity contribution in [3.05, 3.63) is 0 Å². The van der Waals surface area contributed by atoms with E-state index in [2.05, 4.69) is 15.4 Å². The molecule has 1 aromatic heterocycles. The van der Waals surface area contributed by atoms with Gasteiger partial charge in [0.15, 0.2) is 0 Å². The maximum atomic E-state index is 4.98. The molecule has 0 amide bonds. The molecule has 0 radical (unpaired) electrons. The minimum atomic E-state index is 0.351. The van der Waals surface area contributed by atoms with Crippen molar-refractivity contribution in [2.45, 2.75) is 20.4 Å². The summed E-state index contributed by atoms with van der Waals surface area (Å²) in [5.41, 5.74) is 0. The van der Waals surface area contributed by atoms with Gasteiger partial charge in [-0.1, -0.05) is 10.2 Å². The molecule has 0 aliphatic rings. The lowest BCUT2D eigenvalue weighted by Gasteiger charge is -1.90. The Balaban J connectivity index is 2.59. The van der Waals surface area contributed by atoms with Gasteiger partial charge in [-0.25, -0.2) is 0 Å². The van der Waals surface area contributed by atoms with Crippen LogP contribution < -0.4 is 4.74 Å². The molecule has 1 rings (SSSR count). The van der Waals surface area contributed by atoms with Gasteiger partial charge in [0.1, 0.15) is 0 Å². The van der Waals surface area contributed by atoms with E-state index in [0.29, 0.717) is 12.6 Å². The fourth-order valence-electron chi connectivity index (χ4n) is 0.549. The van der Waals surface area contributed by atoms with Gasteiger partial charge in [0.25, 0.3) is 0 Å². The Morgan fingerprint density at radius 1 is 1.50 bits per heavy atom. The molecule has 5 nitrogen and oxygen atoms in total. The summed E-state index contributed by atoms with van der Waals surface area (Å²) < 4.78 is 4.98. The number of aromatic nitrogens is 4. The van der Waals surface area contributed by atoms with Crippen LogP contribution in [0.25, 0.3) is 0 Å².